The van der Waals surface area contributed by atoms with Gasteiger partial charge in [0.2, 0.25) is 0 Å². The molecular weight excluding hydrogens is 636 g/mol. The molecule has 1 unspecified atom stereocenters. The van der Waals surface area contributed by atoms with Gasteiger partial charge >= 0.3 is 11.9 Å². The number of ether oxygens (including phenoxy) is 3. The van der Waals surface area contributed by atoms with Crippen molar-refractivity contribution in [2.75, 3.05) is 13.2 Å². The highest BCUT2D eigenvalue weighted by molar-refractivity contribution is 5.70. The lowest BCUT2D eigenvalue weighted by atomic mass is 9.95. The van der Waals surface area contributed by atoms with E-state index < -0.39 is 0 Å². The van der Waals surface area contributed by atoms with Crippen molar-refractivity contribution in [3.63, 3.8) is 0 Å². The van der Waals surface area contributed by atoms with Gasteiger partial charge in [-0.3, -0.25) is 4.79 Å². The Bertz CT molecular complexity index is 1030. The van der Waals surface area contributed by atoms with E-state index in [4.69, 9.17) is 14.2 Å². The van der Waals surface area contributed by atoms with Crippen LogP contribution >= 0.6 is 0 Å². The van der Waals surface area contributed by atoms with Crippen LogP contribution in [-0.2, 0) is 43.6 Å². The molecule has 0 heterocycles. The Hall–Kier alpha value is -2.44. The number of unbranched alkanes of at least 4 members (excludes halogenated alkanes) is 16. The first-order valence-electron chi connectivity index (χ1n) is 20.9. The highest BCUT2D eigenvalue weighted by Crippen LogP contribution is 2.20. The van der Waals surface area contributed by atoms with Gasteiger partial charge in [0, 0.05) is 6.42 Å². The third-order valence-corrected chi connectivity index (χ3v) is 9.43. The second-order valence-corrected chi connectivity index (χ2v) is 14.4. The van der Waals surface area contributed by atoms with Gasteiger partial charge in [-0.15, -0.1) is 0 Å². The van der Waals surface area contributed by atoms with Gasteiger partial charge in [0.1, 0.15) is 19.8 Å². The van der Waals surface area contributed by atoms with Gasteiger partial charge < -0.3 is 19.3 Å². The predicted molar refractivity (Wildman–Crippen MR) is 212 cm³/mol. The first-order valence-corrected chi connectivity index (χ1v) is 20.9. The number of benzene rings is 1. The van der Waals surface area contributed by atoms with Crippen LogP contribution in [-0.4, -0.2) is 30.3 Å². The van der Waals surface area contributed by atoms with Crippen LogP contribution in [0.25, 0.3) is 0 Å². The molecule has 0 saturated carbocycles. The summed E-state index contributed by atoms with van der Waals surface area (Å²) in [6, 6.07) is 5.50. The van der Waals surface area contributed by atoms with Crippen LogP contribution in [0.2, 0.25) is 0 Å². The normalized spacial score (nSPS) is 12.2. The van der Waals surface area contributed by atoms with Gasteiger partial charge in [-0.05, 0) is 80.0 Å². The number of carbonyl (C=O) groups excluding carboxylic acids is 2. The van der Waals surface area contributed by atoms with Crippen LogP contribution in [0.4, 0.5) is 0 Å². The molecule has 1 atom stereocenters. The minimum absolute atomic E-state index is 0.0553. The fourth-order valence-corrected chi connectivity index (χ4v) is 6.31. The number of aliphatic hydroxyl groups is 1. The Morgan fingerprint density at radius 2 is 1.06 bits per heavy atom. The average molecular weight is 713 g/mol. The number of hydrogen-bond donors (Lipinski definition) is 1. The molecule has 0 fully saturated rings. The summed E-state index contributed by atoms with van der Waals surface area (Å²) in [5.41, 5.74) is 2.23. The first-order chi connectivity index (χ1) is 25.0. The van der Waals surface area contributed by atoms with E-state index in [1.54, 1.807) is 0 Å². The lowest BCUT2D eigenvalue weighted by Gasteiger charge is -2.17. The van der Waals surface area contributed by atoms with Crippen molar-refractivity contribution in [3.8, 4) is 0 Å². The average Bonchev–Trinajstić information content (AvgIpc) is 3.14. The van der Waals surface area contributed by atoms with Crippen LogP contribution in [0.3, 0.4) is 0 Å². The van der Waals surface area contributed by atoms with E-state index in [1.807, 2.05) is 18.2 Å². The van der Waals surface area contributed by atoms with Crippen LogP contribution < -0.4 is 0 Å². The summed E-state index contributed by atoms with van der Waals surface area (Å²) in [5, 5.41) is 9.78. The summed E-state index contributed by atoms with van der Waals surface area (Å²) in [6.45, 7) is 7.34. The van der Waals surface area contributed by atoms with Gasteiger partial charge in [0.15, 0.2) is 0 Å². The van der Waals surface area contributed by atoms with Gasteiger partial charge in [0.25, 0.3) is 0 Å². The van der Waals surface area contributed by atoms with Gasteiger partial charge in [-0.1, -0.05) is 154 Å². The van der Waals surface area contributed by atoms with Crippen LogP contribution in [0.5, 0.6) is 0 Å². The highest BCUT2D eigenvalue weighted by Gasteiger charge is 2.12. The van der Waals surface area contributed by atoms with E-state index >= 15 is 0 Å². The summed E-state index contributed by atoms with van der Waals surface area (Å²) in [4.78, 5) is 24.9. The molecule has 0 aliphatic heterocycles. The molecule has 0 aromatic heterocycles. The van der Waals surface area contributed by atoms with Crippen molar-refractivity contribution in [2.24, 2.45) is 5.92 Å². The largest absolute Gasteiger partial charge is 0.461 e. The summed E-state index contributed by atoms with van der Waals surface area (Å²) >= 11 is 0. The number of aliphatic hydroxyl groups excluding tert-OH is 1. The minimum atomic E-state index is -0.390. The van der Waals surface area contributed by atoms with E-state index in [2.05, 4.69) is 45.1 Å². The van der Waals surface area contributed by atoms with Gasteiger partial charge in [-0.2, -0.15) is 0 Å². The quantitative estimate of drug-likeness (QED) is 0.0428. The van der Waals surface area contributed by atoms with Crippen molar-refractivity contribution < 1.29 is 28.9 Å². The zero-order chi connectivity index (χ0) is 37.0. The first kappa shape index (κ1) is 46.6. The fraction of sp³-hybridized carbons (Fsp3) is 0.733. The Kier molecular flexibility index (Phi) is 31.6. The summed E-state index contributed by atoms with van der Waals surface area (Å²) in [6.07, 6.45) is 37.1. The SMILES string of the molecule is CCCCC/C=C\C/C=C\CCCCCCCC(=O)OCc1cc(CO)cc(COC(=O)COCC(CCCCCC)CCCCCCCC)c1. The van der Waals surface area contributed by atoms with E-state index in [-0.39, 0.29) is 38.4 Å². The van der Waals surface area contributed by atoms with E-state index in [1.165, 1.54) is 103 Å². The minimum Gasteiger partial charge on any atom is -0.461 e. The third-order valence-electron chi connectivity index (χ3n) is 9.43. The molecule has 1 N–H and O–H groups in total. The van der Waals surface area contributed by atoms with Crippen molar-refractivity contribution in [1.82, 2.24) is 0 Å². The van der Waals surface area contributed by atoms with Crippen LogP contribution in [0.1, 0.15) is 192 Å². The molecule has 0 radical (unpaired) electrons. The van der Waals surface area contributed by atoms with Crippen molar-refractivity contribution in [3.05, 3.63) is 59.2 Å². The second kappa shape index (κ2) is 34.6. The summed E-state index contributed by atoms with van der Waals surface area (Å²) in [7, 11) is 0. The number of hydrogen-bond acceptors (Lipinski definition) is 6. The summed E-state index contributed by atoms with van der Waals surface area (Å²) in [5.74, 6) is -0.109. The maximum absolute atomic E-state index is 12.5. The van der Waals surface area contributed by atoms with E-state index in [0.29, 0.717) is 24.5 Å². The third kappa shape index (κ3) is 28.8. The molecule has 0 saturated heterocycles. The molecule has 1 rings (SSSR count). The topological polar surface area (TPSA) is 82.1 Å². The smallest absolute Gasteiger partial charge is 0.332 e. The van der Waals surface area contributed by atoms with Crippen LogP contribution in [0, 0.1) is 5.92 Å². The molecule has 6 heteroatoms. The monoisotopic (exact) mass is 713 g/mol. The zero-order valence-corrected chi connectivity index (χ0v) is 33.1. The number of carbonyl (C=O) groups is 2. The molecule has 292 valence electrons. The Balaban J connectivity index is 2.30. The molecule has 6 nitrogen and oxygen atoms in total. The van der Waals surface area contributed by atoms with Crippen molar-refractivity contribution in [2.45, 2.75) is 195 Å². The lowest BCUT2D eigenvalue weighted by molar-refractivity contribution is -0.150. The Morgan fingerprint density at radius 3 is 1.67 bits per heavy atom. The molecule has 51 heavy (non-hydrogen) atoms. The van der Waals surface area contributed by atoms with Gasteiger partial charge in [0.05, 0.1) is 13.2 Å². The summed E-state index contributed by atoms with van der Waals surface area (Å²) < 4.78 is 16.9. The molecule has 0 aliphatic rings. The van der Waals surface area contributed by atoms with E-state index in [0.717, 1.165) is 56.1 Å². The maximum Gasteiger partial charge on any atom is 0.332 e. The van der Waals surface area contributed by atoms with Crippen LogP contribution in [0.15, 0.2) is 42.5 Å². The molecule has 0 spiro atoms. The zero-order valence-electron chi connectivity index (χ0n) is 33.1. The van der Waals surface area contributed by atoms with E-state index in [9.17, 15) is 14.7 Å². The maximum atomic E-state index is 12.5. The van der Waals surface area contributed by atoms with Crippen molar-refractivity contribution in [1.29, 1.82) is 0 Å². The molecule has 1 aromatic rings. The second-order valence-electron chi connectivity index (χ2n) is 14.4. The van der Waals surface area contributed by atoms with Crippen molar-refractivity contribution >= 4 is 11.9 Å². The number of esters is 2. The fourth-order valence-electron chi connectivity index (χ4n) is 6.31. The number of rotatable bonds is 35. The number of allylic oxidation sites excluding steroid dienone is 4. The Morgan fingerprint density at radius 1 is 0.588 bits per heavy atom. The molecule has 0 bridgehead atoms. The lowest BCUT2D eigenvalue weighted by Crippen LogP contribution is -2.17. The molecule has 0 amide bonds. The molecule has 1 aromatic carbocycles. The highest BCUT2D eigenvalue weighted by atomic mass is 16.6. The predicted octanol–water partition coefficient (Wildman–Crippen LogP) is 12.4. The molecular formula is C45H76O6. The molecule has 0 aliphatic carbocycles. The van der Waals surface area contributed by atoms with Gasteiger partial charge in [-0.25, -0.2) is 4.79 Å². The standard InChI is InChI=1S/C45H76O6/c1-4-7-10-13-15-16-17-18-19-20-21-22-23-25-28-31-44(47)50-37-42-32-41(35-46)33-43(34-42)38-51-45(48)39-49-36-40(29-26-12-9-6-3)30-27-24-14-11-8-5-2/h15-16,18-19,32-34,40,46H,4-14,17,20-31,35-39H2,1-3H3/b16-15-,19-18-. The Labute approximate surface area is 313 Å².